The summed E-state index contributed by atoms with van der Waals surface area (Å²) in [5, 5.41) is 6.91. The molecule has 0 unspecified atom stereocenters. The Morgan fingerprint density at radius 1 is 1.03 bits per heavy atom. The van der Waals surface area contributed by atoms with E-state index in [1.165, 1.54) is 12.1 Å². The van der Waals surface area contributed by atoms with Crippen molar-refractivity contribution in [2.24, 2.45) is 0 Å². The molecule has 0 spiro atoms. The normalized spacial score (nSPS) is 15.6. The number of piperidine rings is 1. The largest absolute Gasteiger partial charge is 0.438 e. The van der Waals surface area contributed by atoms with Crippen molar-refractivity contribution in [2.75, 3.05) is 23.1 Å². The van der Waals surface area contributed by atoms with Gasteiger partial charge < -0.3 is 15.4 Å². The summed E-state index contributed by atoms with van der Waals surface area (Å²) >= 11 is 6.12. The Hall–Kier alpha value is -3.73. The first-order valence-corrected chi connectivity index (χ1v) is 14.1. The zero-order valence-electron chi connectivity index (χ0n) is 20.7. The van der Waals surface area contributed by atoms with Gasteiger partial charge in [0.2, 0.25) is 11.8 Å². The third-order valence-electron chi connectivity index (χ3n) is 6.19. The van der Waals surface area contributed by atoms with E-state index < -0.39 is 10.0 Å². The molecular formula is C27H27ClN6O3S. The molecule has 2 aromatic carbocycles. The summed E-state index contributed by atoms with van der Waals surface area (Å²) in [6.07, 6.45) is 5.49. The maximum absolute atomic E-state index is 13.0. The van der Waals surface area contributed by atoms with Gasteiger partial charge in [-0.2, -0.15) is 0 Å². The molecule has 9 nitrogen and oxygen atoms in total. The summed E-state index contributed by atoms with van der Waals surface area (Å²) in [4.78, 5) is 13.5. The lowest BCUT2D eigenvalue weighted by Gasteiger charge is -2.23. The second kappa shape index (κ2) is 11.3. The van der Waals surface area contributed by atoms with Gasteiger partial charge in [0.25, 0.3) is 10.0 Å². The molecule has 3 heterocycles. The number of hydrogen-bond donors (Lipinski definition) is 3. The van der Waals surface area contributed by atoms with Crippen LogP contribution in [0.25, 0.3) is 11.3 Å². The summed E-state index contributed by atoms with van der Waals surface area (Å²) in [6.45, 7) is 3.66. The van der Waals surface area contributed by atoms with Crippen LogP contribution in [0.4, 0.5) is 11.6 Å². The Kier molecular flexibility index (Phi) is 7.73. The first kappa shape index (κ1) is 25.9. The molecule has 11 heteroatoms. The number of benzene rings is 2. The maximum atomic E-state index is 13.0. The number of nitrogens with one attached hydrogen (secondary N) is 3. The van der Waals surface area contributed by atoms with Crippen molar-refractivity contribution < 1.29 is 13.2 Å². The van der Waals surface area contributed by atoms with Crippen LogP contribution in [0.1, 0.15) is 18.4 Å². The van der Waals surface area contributed by atoms with Crippen molar-refractivity contribution in [1.82, 2.24) is 20.3 Å². The first-order valence-electron chi connectivity index (χ1n) is 12.2. The van der Waals surface area contributed by atoms with Gasteiger partial charge in [0, 0.05) is 30.5 Å². The van der Waals surface area contributed by atoms with Crippen molar-refractivity contribution in [3.05, 3.63) is 83.6 Å². The smallest absolute Gasteiger partial charge is 0.263 e. The molecule has 1 saturated heterocycles. The van der Waals surface area contributed by atoms with Gasteiger partial charge in [0.05, 0.1) is 22.0 Å². The molecule has 1 aliphatic rings. The fraction of sp³-hybridized carbons (Fsp3) is 0.222. The van der Waals surface area contributed by atoms with Crippen LogP contribution in [0.2, 0.25) is 5.02 Å². The highest BCUT2D eigenvalue weighted by Crippen LogP contribution is 2.35. The summed E-state index contributed by atoms with van der Waals surface area (Å²) < 4.78 is 34.8. The zero-order chi connectivity index (χ0) is 26.5. The molecule has 1 aliphatic heterocycles. The quantitative estimate of drug-likeness (QED) is 0.272. The number of sulfonamides is 1. The Bertz CT molecular complexity index is 1540. The zero-order valence-corrected chi connectivity index (χ0v) is 22.3. The maximum Gasteiger partial charge on any atom is 0.263 e. The summed E-state index contributed by atoms with van der Waals surface area (Å²) in [6, 6.07) is 17.2. The molecule has 5 rings (SSSR count). The number of pyridine rings is 1. The van der Waals surface area contributed by atoms with Crippen LogP contribution in [0, 0.1) is 6.92 Å². The summed E-state index contributed by atoms with van der Waals surface area (Å²) in [5.41, 5.74) is 2.30. The van der Waals surface area contributed by atoms with E-state index in [4.69, 9.17) is 21.3 Å². The van der Waals surface area contributed by atoms with Crippen LogP contribution in [-0.2, 0) is 10.0 Å². The van der Waals surface area contributed by atoms with Gasteiger partial charge in [0.15, 0.2) is 0 Å². The summed E-state index contributed by atoms with van der Waals surface area (Å²) in [5.74, 6) is 1.33. The average Bonchev–Trinajstić information content (AvgIpc) is 2.92. The Morgan fingerprint density at radius 3 is 2.71 bits per heavy atom. The molecule has 38 heavy (non-hydrogen) atoms. The number of ether oxygens (including phenoxy) is 1. The number of halogens is 1. The van der Waals surface area contributed by atoms with Crippen molar-refractivity contribution >= 4 is 33.3 Å². The molecule has 3 N–H and O–H groups in total. The molecule has 1 fully saturated rings. The standard InChI is InChI=1S/C27H27ClN6O3S/c1-18-22(34-38(35,36)25-12-3-2-9-21(25)28)10-4-11-24(18)37-26-20(8-6-15-30-26)23-13-16-31-27(33-23)32-19-7-5-14-29-17-19/h2-4,6,8-13,15-16,19,29,34H,5,7,14,17H2,1H3,(H,31,32,33)/t19-/m0/s1. The van der Waals surface area contributed by atoms with Crippen molar-refractivity contribution in [1.29, 1.82) is 0 Å². The Labute approximate surface area is 226 Å². The Morgan fingerprint density at radius 2 is 1.89 bits per heavy atom. The van der Waals surface area contributed by atoms with Gasteiger partial charge in [-0.3, -0.25) is 4.72 Å². The second-order valence-corrected chi connectivity index (χ2v) is 10.9. The molecule has 1 atom stereocenters. The van der Waals surface area contributed by atoms with Gasteiger partial charge in [-0.1, -0.05) is 29.8 Å². The molecule has 196 valence electrons. The van der Waals surface area contributed by atoms with Crippen LogP contribution in [-0.4, -0.2) is 42.5 Å². The van der Waals surface area contributed by atoms with E-state index >= 15 is 0 Å². The molecule has 0 radical (unpaired) electrons. The highest BCUT2D eigenvalue weighted by atomic mass is 35.5. The van der Waals surface area contributed by atoms with Crippen LogP contribution in [0.3, 0.4) is 0 Å². The van der Waals surface area contributed by atoms with Crippen LogP contribution in [0.15, 0.2) is 78.0 Å². The van der Waals surface area contributed by atoms with E-state index in [0.29, 0.717) is 40.1 Å². The number of rotatable bonds is 8. The lowest BCUT2D eigenvalue weighted by Crippen LogP contribution is -2.38. The average molecular weight is 551 g/mol. The van der Waals surface area contributed by atoms with Gasteiger partial charge in [0.1, 0.15) is 10.6 Å². The molecule has 4 aromatic rings. The molecule has 2 aromatic heterocycles. The monoisotopic (exact) mass is 550 g/mol. The topological polar surface area (TPSA) is 118 Å². The van der Waals surface area contributed by atoms with Gasteiger partial charge >= 0.3 is 0 Å². The highest BCUT2D eigenvalue weighted by Gasteiger charge is 2.20. The van der Waals surface area contributed by atoms with Gasteiger partial charge in [-0.05, 0) is 68.8 Å². The van der Waals surface area contributed by atoms with Crippen molar-refractivity contribution in [3.63, 3.8) is 0 Å². The van der Waals surface area contributed by atoms with Crippen molar-refractivity contribution in [3.8, 4) is 22.9 Å². The number of anilines is 2. The highest BCUT2D eigenvalue weighted by molar-refractivity contribution is 7.92. The van der Waals surface area contributed by atoms with Crippen LogP contribution >= 0.6 is 11.6 Å². The number of aromatic nitrogens is 3. The first-order chi connectivity index (χ1) is 18.4. The molecule has 0 bridgehead atoms. The minimum atomic E-state index is -3.91. The summed E-state index contributed by atoms with van der Waals surface area (Å²) in [7, 11) is -3.91. The molecule has 0 amide bonds. The third kappa shape index (κ3) is 5.88. The lowest BCUT2D eigenvalue weighted by molar-refractivity contribution is 0.461. The van der Waals surface area contributed by atoms with E-state index in [2.05, 4.69) is 25.3 Å². The van der Waals surface area contributed by atoms with Gasteiger partial charge in [-0.15, -0.1) is 0 Å². The molecule has 0 saturated carbocycles. The van der Waals surface area contributed by atoms with Crippen LogP contribution in [0.5, 0.6) is 11.6 Å². The lowest BCUT2D eigenvalue weighted by atomic mass is 10.1. The SMILES string of the molecule is Cc1c(NS(=O)(=O)c2ccccc2Cl)cccc1Oc1ncccc1-c1ccnc(N[C@H]2CCCNC2)n1. The van der Waals surface area contributed by atoms with Crippen LogP contribution < -0.4 is 20.1 Å². The number of hydrogen-bond acceptors (Lipinski definition) is 8. The fourth-order valence-electron chi connectivity index (χ4n) is 4.21. The van der Waals surface area contributed by atoms with Gasteiger partial charge in [-0.25, -0.2) is 23.4 Å². The van der Waals surface area contributed by atoms with E-state index in [0.717, 1.165) is 25.9 Å². The fourth-order valence-corrected chi connectivity index (χ4v) is 5.85. The van der Waals surface area contributed by atoms with E-state index in [1.54, 1.807) is 55.7 Å². The van der Waals surface area contributed by atoms with E-state index in [9.17, 15) is 8.42 Å². The Balaban J connectivity index is 1.40. The minimum absolute atomic E-state index is 0.00316. The number of nitrogens with zero attached hydrogens (tertiary/aromatic N) is 3. The second-order valence-electron chi connectivity index (χ2n) is 8.88. The van der Waals surface area contributed by atoms with E-state index in [-0.39, 0.29) is 16.0 Å². The third-order valence-corrected chi connectivity index (χ3v) is 8.06. The predicted molar refractivity (Wildman–Crippen MR) is 148 cm³/mol. The minimum Gasteiger partial charge on any atom is -0.438 e. The molecular weight excluding hydrogens is 524 g/mol. The predicted octanol–water partition coefficient (Wildman–Crippen LogP) is 5.26. The van der Waals surface area contributed by atoms with E-state index in [1.807, 2.05) is 12.1 Å². The van der Waals surface area contributed by atoms with Crippen molar-refractivity contribution in [2.45, 2.75) is 30.7 Å². The molecule has 0 aliphatic carbocycles.